The number of nitrogens with zero attached hydrogens (tertiary/aromatic N) is 2. The van der Waals surface area contributed by atoms with Crippen LogP contribution in [0, 0.1) is 11.8 Å². The van der Waals surface area contributed by atoms with Crippen LogP contribution in [0.15, 0.2) is 24.3 Å². The van der Waals surface area contributed by atoms with Crippen LogP contribution in [-0.2, 0) is 6.42 Å². The van der Waals surface area contributed by atoms with Crippen molar-refractivity contribution in [1.82, 2.24) is 10.2 Å². The number of amides is 2. The monoisotopic (exact) mass is 329 g/mol. The van der Waals surface area contributed by atoms with E-state index in [1.807, 2.05) is 23.1 Å². The number of likely N-dealkylation sites (tertiary alicyclic amines) is 1. The lowest BCUT2D eigenvalue weighted by atomic mass is 9.88. The number of para-hydroxylation sites is 1. The Kier molecular flexibility index (Phi) is 4.86. The Morgan fingerprint density at radius 2 is 1.88 bits per heavy atom. The summed E-state index contributed by atoms with van der Waals surface area (Å²) in [6, 6.07) is 8.24. The third-order valence-corrected chi connectivity index (χ3v) is 5.53. The van der Waals surface area contributed by atoms with Gasteiger partial charge in [-0.05, 0) is 50.2 Å². The van der Waals surface area contributed by atoms with Crippen LogP contribution in [0.5, 0.6) is 0 Å². The van der Waals surface area contributed by atoms with E-state index in [0.29, 0.717) is 6.54 Å². The number of hydrogen-bond acceptors (Lipinski definition) is 2. The Balaban J connectivity index is 1.60. The third-order valence-electron chi connectivity index (χ3n) is 5.53. The number of benzene rings is 1. The van der Waals surface area contributed by atoms with Crippen LogP contribution in [0.25, 0.3) is 0 Å². The predicted octanol–water partition coefficient (Wildman–Crippen LogP) is 3.52. The number of carbonyl (C=O) groups is 1. The van der Waals surface area contributed by atoms with E-state index in [-0.39, 0.29) is 11.6 Å². The minimum atomic E-state index is -0.0160. The van der Waals surface area contributed by atoms with E-state index in [4.69, 9.17) is 0 Å². The minimum absolute atomic E-state index is 0.0160. The normalized spacial score (nSPS) is 24.8. The standard InChI is InChI=1S/C20H31N3O/c1-15-11-16(2)13-22(12-15)20(3,4)14-21-19(24)23-10-9-17-7-5-6-8-18(17)23/h5-8,15-16H,9-14H2,1-4H3,(H,21,24). The maximum atomic E-state index is 12.7. The molecule has 2 aliphatic rings. The Hall–Kier alpha value is -1.55. The fourth-order valence-electron chi connectivity index (χ4n) is 4.21. The molecule has 1 aromatic carbocycles. The largest absolute Gasteiger partial charge is 0.336 e. The van der Waals surface area contributed by atoms with Crippen LogP contribution >= 0.6 is 0 Å². The van der Waals surface area contributed by atoms with Crippen molar-refractivity contribution in [1.29, 1.82) is 0 Å². The topological polar surface area (TPSA) is 35.6 Å². The van der Waals surface area contributed by atoms with E-state index in [1.54, 1.807) is 0 Å². The first-order valence-corrected chi connectivity index (χ1v) is 9.25. The maximum absolute atomic E-state index is 12.7. The smallest absolute Gasteiger partial charge is 0.321 e. The molecule has 1 fully saturated rings. The number of rotatable bonds is 3. The van der Waals surface area contributed by atoms with Crippen LogP contribution in [0.1, 0.15) is 39.7 Å². The van der Waals surface area contributed by atoms with Crippen LogP contribution in [-0.4, -0.2) is 42.6 Å². The van der Waals surface area contributed by atoms with Crippen molar-refractivity contribution in [2.24, 2.45) is 11.8 Å². The zero-order valence-corrected chi connectivity index (χ0v) is 15.5. The number of fused-ring (bicyclic) bond motifs is 1. The molecule has 0 bridgehead atoms. The minimum Gasteiger partial charge on any atom is -0.336 e. The molecule has 132 valence electrons. The van der Waals surface area contributed by atoms with Gasteiger partial charge in [-0.25, -0.2) is 4.79 Å². The highest BCUT2D eigenvalue weighted by atomic mass is 16.2. The molecule has 2 unspecified atom stereocenters. The van der Waals surface area contributed by atoms with Gasteiger partial charge in [0.25, 0.3) is 0 Å². The fourth-order valence-corrected chi connectivity index (χ4v) is 4.21. The van der Waals surface area contributed by atoms with Gasteiger partial charge in [-0.15, -0.1) is 0 Å². The van der Waals surface area contributed by atoms with Gasteiger partial charge in [0.15, 0.2) is 0 Å². The molecule has 0 aliphatic carbocycles. The number of nitrogens with one attached hydrogen (secondary N) is 1. The molecule has 0 aromatic heterocycles. The van der Waals surface area contributed by atoms with Gasteiger partial charge >= 0.3 is 6.03 Å². The van der Waals surface area contributed by atoms with E-state index in [1.165, 1.54) is 12.0 Å². The number of carbonyl (C=O) groups excluding carboxylic acids is 1. The highest BCUT2D eigenvalue weighted by Crippen LogP contribution is 2.29. The molecule has 1 aromatic rings. The van der Waals surface area contributed by atoms with Crippen LogP contribution in [0.3, 0.4) is 0 Å². The molecule has 24 heavy (non-hydrogen) atoms. The molecule has 1 N–H and O–H groups in total. The third kappa shape index (κ3) is 3.59. The highest BCUT2D eigenvalue weighted by Gasteiger charge is 2.33. The average Bonchev–Trinajstić information content (AvgIpc) is 2.96. The lowest BCUT2D eigenvalue weighted by Crippen LogP contribution is -2.57. The second-order valence-corrected chi connectivity index (χ2v) is 8.35. The molecule has 2 atom stereocenters. The first-order valence-electron chi connectivity index (χ1n) is 9.25. The first kappa shape index (κ1) is 17.3. The molecule has 0 spiro atoms. The molecule has 2 aliphatic heterocycles. The summed E-state index contributed by atoms with van der Waals surface area (Å²) < 4.78 is 0. The molecule has 2 amide bonds. The zero-order chi connectivity index (χ0) is 17.3. The Morgan fingerprint density at radius 3 is 2.58 bits per heavy atom. The van der Waals surface area contributed by atoms with Gasteiger partial charge in [0.1, 0.15) is 0 Å². The van der Waals surface area contributed by atoms with Gasteiger partial charge in [-0.1, -0.05) is 32.0 Å². The quantitative estimate of drug-likeness (QED) is 0.921. The summed E-state index contributed by atoms with van der Waals surface area (Å²) in [4.78, 5) is 17.1. The van der Waals surface area contributed by atoms with E-state index in [2.05, 4.69) is 44.0 Å². The van der Waals surface area contributed by atoms with E-state index in [0.717, 1.165) is 43.6 Å². The zero-order valence-electron chi connectivity index (χ0n) is 15.5. The SMILES string of the molecule is CC1CC(C)CN(C(C)(C)CNC(=O)N2CCc3ccccc32)C1. The lowest BCUT2D eigenvalue weighted by molar-refractivity contribution is 0.0474. The molecule has 0 radical (unpaired) electrons. The molecule has 1 saturated heterocycles. The van der Waals surface area contributed by atoms with E-state index >= 15 is 0 Å². The van der Waals surface area contributed by atoms with Gasteiger partial charge in [-0.2, -0.15) is 0 Å². The predicted molar refractivity (Wildman–Crippen MR) is 99.5 cm³/mol. The molecular formula is C20H31N3O. The summed E-state index contributed by atoms with van der Waals surface area (Å²) in [6.45, 7) is 12.9. The summed E-state index contributed by atoms with van der Waals surface area (Å²) in [6.07, 6.45) is 2.26. The van der Waals surface area contributed by atoms with Crippen LogP contribution in [0.2, 0.25) is 0 Å². The van der Waals surface area contributed by atoms with E-state index < -0.39 is 0 Å². The molecule has 4 nitrogen and oxygen atoms in total. The van der Waals surface area contributed by atoms with Gasteiger partial charge in [0.2, 0.25) is 0 Å². The number of urea groups is 1. The van der Waals surface area contributed by atoms with Crippen molar-refractivity contribution < 1.29 is 4.79 Å². The molecule has 4 heteroatoms. The summed E-state index contributed by atoms with van der Waals surface area (Å²) in [5.74, 6) is 1.46. The second kappa shape index (κ2) is 6.75. The molecule has 0 saturated carbocycles. The highest BCUT2D eigenvalue weighted by molar-refractivity contribution is 5.94. The number of piperidine rings is 1. The van der Waals surface area contributed by atoms with Crippen molar-refractivity contribution in [3.63, 3.8) is 0 Å². The first-order chi connectivity index (χ1) is 11.4. The van der Waals surface area contributed by atoms with Gasteiger partial charge < -0.3 is 5.32 Å². The average molecular weight is 329 g/mol. The van der Waals surface area contributed by atoms with Crippen molar-refractivity contribution in [3.05, 3.63) is 29.8 Å². The number of hydrogen-bond donors (Lipinski definition) is 1. The summed E-state index contributed by atoms with van der Waals surface area (Å²) in [5.41, 5.74) is 2.32. The number of anilines is 1. The molecular weight excluding hydrogens is 298 g/mol. The van der Waals surface area contributed by atoms with Gasteiger partial charge in [-0.3, -0.25) is 9.80 Å². The lowest BCUT2D eigenvalue weighted by Gasteiger charge is -2.45. The van der Waals surface area contributed by atoms with E-state index in [9.17, 15) is 4.79 Å². The summed E-state index contributed by atoms with van der Waals surface area (Å²) in [7, 11) is 0. The fraction of sp³-hybridized carbons (Fsp3) is 0.650. The maximum Gasteiger partial charge on any atom is 0.321 e. The molecule has 2 heterocycles. The Bertz CT molecular complexity index is 588. The van der Waals surface area contributed by atoms with Crippen molar-refractivity contribution in [2.45, 2.75) is 46.1 Å². The van der Waals surface area contributed by atoms with Crippen molar-refractivity contribution >= 4 is 11.7 Å². The van der Waals surface area contributed by atoms with Gasteiger partial charge in [0, 0.05) is 37.4 Å². The molecule has 3 rings (SSSR count). The van der Waals surface area contributed by atoms with Crippen molar-refractivity contribution in [3.8, 4) is 0 Å². The summed E-state index contributed by atoms with van der Waals surface area (Å²) >= 11 is 0. The van der Waals surface area contributed by atoms with Crippen molar-refractivity contribution in [2.75, 3.05) is 31.1 Å². The second-order valence-electron chi connectivity index (χ2n) is 8.35. The van der Waals surface area contributed by atoms with Crippen LogP contribution in [0.4, 0.5) is 10.5 Å². The van der Waals surface area contributed by atoms with Crippen LogP contribution < -0.4 is 10.2 Å². The Morgan fingerprint density at radius 1 is 1.21 bits per heavy atom. The Labute approximate surface area is 146 Å². The summed E-state index contributed by atoms with van der Waals surface area (Å²) in [5, 5.41) is 3.18. The van der Waals surface area contributed by atoms with Gasteiger partial charge in [0.05, 0.1) is 0 Å².